The highest BCUT2D eigenvalue weighted by molar-refractivity contribution is 5.72. The van der Waals surface area contributed by atoms with Crippen LogP contribution >= 0.6 is 0 Å². The quantitative estimate of drug-likeness (QED) is 0.399. The van der Waals surface area contributed by atoms with Gasteiger partial charge in [-0.1, -0.05) is 0 Å². The Morgan fingerprint density at radius 2 is 2.26 bits per heavy atom. The van der Waals surface area contributed by atoms with E-state index in [1.807, 2.05) is 0 Å². The molecular formula is C10H14N4O5. The van der Waals surface area contributed by atoms with Crippen molar-refractivity contribution in [3.8, 4) is 0 Å². The number of anilines is 1. The summed E-state index contributed by atoms with van der Waals surface area (Å²) in [6, 6.07) is 1.03. The Kier molecular flexibility index (Phi) is 4.73. The van der Waals surface area contributed by atoms with Gasteiger partial charge < -0.3 is 21.3 Å². The predicted octanol–water partition coefficient (Wildman–Crippen LogP) is -0.898. The van der Waals surface area contributed by atoms with Crippen LogP contribution in [0.3, 0.4) is 0 Å². The highest BCUT2D eigenvalue weighted by Gasteiger charge is 2.23. The molecule has 0 saturated carbocycles. The number of nitrogens with zero attached hydrogens (tertiary/aromatic N) is 2. The van der Waals surface area contributed by atoms with E-state index in [9.17, 15) is 25.1 Å². The van der Waals surface area contributed by atoms with Crippen LogP contribution in [0.2, 0.25) is 0 Å². The topological polar surface area (TPSA) is 152 Å². The molecule has 104 valence electrons. The van der Waals surface area contributed by atoms with Crippen LogP contribution in [0.1, 0.15) is 18.6 Å². The van der Waals surface area contributed by atoms with Gasteiger partial charge in [0.05, 0.1) is 4.92 Å². The Bertz CT molecular complexity index is 493. The van der Waals surface area contributed by atoms with E-state index >= 15 is 0 Å². The third-order valence-corrected chi connectivity index (χ3v) is 2.39. The highest BCUT2D eigenvalue weighted by atomic mass is 16.6. The molecule has 9 heteroatoms. The second kappa shape index (κ2) is 6.07. The summed E-state index contributed by atoms with van der Waals surface area (Å²) in [5.74, 6) is -0.503. The lowest BCUT2D eigenvalue weighted by molar-refractivity contribution is -0.385. The summed E-state index contributed by atoms with van der Waals surface area (Å²) in [6.45, 7) is 1.04. The molecule has 1 aromatic rings. The summed E-state index contributed by atoms with van der Waals surface area (Å²) < 4.78 is 0. The molecule has 1 aromatic heterocycles. The number of hydrogen-bond donors (Lipinski definition) is 4. The van der Waals surface area contributed by atoms with Crippen molar-refractivity contribution in [2.24, 2.45) is 0 Å². The first-order valence-electron chi connectivity index (χ1n) is 5.33. The molecule has 19 heavy (non-hydrogen) atoms. The molecule has 0 fully saturated rings. The Hall–Kier alpha value is -2.26. The molecule has 2 atom stereocenters. The third kappa shape index (κ3) is 3.86. The van der Waals surface area contributed by atoms with E-state index in [0.717, 1.165) is 12.3 Å². The molecule has 0 radical (unpaired) electrons. The zero-order valence-corrected chi connectivity index (χ0v) is 10.1. The summed E-state index contributed by atoms with van der Waals surface area (Å²) >= 11 is 0. The number of carbonyl (C=O) groups excluding carboxylic acids is 1. The Morgan fingerprint density at radius 1 is 1.63 bits per heavy atom. The van der Waals surface area contributed by atoms with E-state index in [0.29, 0.717) is 0 Å². The van der Waals surface area contributed by atoms with Crippen LogP contribution in [0.4, 0.5) is 11.5 Å². The number of hydrogen-bond acceptors (Lipinski definition) is 7. The Morgan fingerprint density at radius 3 is 2.79 bits per heavy atom. The van der Waals surface area contributed by atoms with Crippen LogP contribution < -0.4 is 11.1 Å². The molecule has 0 bridgehead atoms. The number of nitrogens with two attached hydrogens (primary N) is 1. The maximum Gasteiger partial charge on any atom is 0.288 e. The van der Waals surface area contributed by atoms with Crippen molar-refractivity contribution < 1.29 is 19.9 Å². The number of pyridine rings is 1. The summed E-state index contributed by atoms with van der Waals surface area (Å²) in [5.41, 5.74) is 5.08. The second-order valence-electron chi connectivity index (χ2n) is 3.87. The highest BCUT2D eigenvalue weighted by Crippen LogP contribution is 2.25. The van der Waals surface area contributed by atoms with Gasteiger partial charge in [-0.3, -0.25) is 14.9 Å². The van der Waals surface area contributed by atoms with Crippen molar-refractivity contribution in [1.29, 1.82) is 0 Å². The van der Waals surface area contributed by atoms with E-state index in [-0.39, 0.29) is 29.5 Å². The molecule has 0 aromatic carbocycles. The molecule has 1 amide bonds. The number of aliphatic hydroxyl groups is 2. The van der Waals surface area contributed by atoms with Crippen LogP contribution in [0.15, 0.2) is 12.3 Å². The van der Waals surface area contributed by atoms with Crippen LogP contribution in [-0.2, 0) is 4.79 Å². The SMILES string of the molecule is CC(=O)NCC(O)C(O)c1cc([N+](=O)[O-])cnc1N. The zero-order valence-electron chi connectivity index (χ0n) is 10.1. The van der Waals surface area contributed by atoms with E-state index in [1.165, 1.54) is 6.92 Å². The van der Waals surface area contributed by atoms with Gasteiger partial charge in [0.1, 0.15) is 24.2 Å². The van der Waals surface area contributed by atoms with Crippen LogP contribution in [0.5, 0.6) is 0 Å². The number of carbonyl (C=O) groups is 1. The largest absolute Gasteiger partial charge is 0.388 e. The first-order valence-corrected chi connectivity index (χ1v) is 5.33. The van der Waals surface area contributed by atoms with Gasteiger partial charge in [-0.15, -0.1) is 0 Å². The maximum atomic E-state index is 10.7. The summed E-state index contributed by atoms with van der Waals surface area (Å²) in [4.78, 5) is 24.2. The number of rotatable bonds is 5. The first kappa shape index (κ1) is 14.8. The first-order chi connectivity index (χ1) is 8.82. The normalized spacial score (nSPS) is 13.6. The van der Waals surface area contributed by atoms with E-state index in [1.54, 1.807) is 0 Å². The number of aliphatic hydroxyl groups excluding tert-OH is 2. The fraction of sp³-hybridized carbons (Fsp3) is 0.400. The molecule has 9 nitrogen and oxygen atoms in total. The molecule has 0 aliphatic carbocycles. The monoisotopic (exact) mass is 270 g/mol. The number of amides is 1. The van der Waals surface area contributed by atoms with E-state index < -0.39 is 17.1 Å². The lowest BCUT2D eigenvalue weighted by Gasteiger charge is -2.19. The smallest absolute Gasteiger partial charge is 0.288 e. The third-order valence-electron chi connectivity index (χ3n) is 2.39. The lowest BCUT2D eigenvalue weighted by atomic mass is 10.0. The predicted molar refractivity (Wildman–Crippen MR) is 65.0 cm³/mol. The van der Waals surface area contributed by atoms with Crippen LogP contribution in [0, 0.1) is 10.1 Å². The van der Waals surface area contributed by atoms with Gasteiger partial charge >= 0.3 is 0 Å². The molecule has 0 aliphatic rings. The second-order valence-corrected chi connectivity index (χ2v) is 3.87. The number of nitro groups is 1. The van der Waals surface area contributed by atoms with E-state index in [4.69, 9.17) is 5.73 Å². The van der Waals surface area contributed by atoms with Crippen molar-refractivity contribution >= 4 is 17.4 Å². The fourth-order valence-corrected chi connectivity index (χ4v) is 1.38. The minimum Gasteiger partial charge on any atom is -0.388 e. The number of nitrogens with one attached hydrogen (secondary N) is 1. The molecule has 0 saturated heterocycles. The molecule has 1 rings (SSSR count). The zero-order chi connectivity index (χ0) is 14.6. The Balaban J connectivity index is 2.91. The van der Waals surface area contributed by atoms with Crippen molar-refractivity contribution in [3.05, 3.63) is 27.9 Å². The fourth-order valence-electron chi connectivity index (χ4n) is 1.38. The summed E-state index contributed by atoms with van der Waals surface area (Å²) in [7, 11) is 0. The van der Waals surface area contributed by atoms with E-state index in [2.05, 4.69) is 10.3 Å². The maximum absolute atomic E-state index is 10.7. The number of aromatic nitrogens is 1. The average molecular weight is 270 g/mol. The molecule has 1 heterocycles. The van der Waals surface area contributed by atoms with Crippen molar-refractivity contribution in [2.45, 2.75) is 19.1 Å². The van der Waals surface area contributed by atoms with Gasteiger partial charge in [0.15, 0.2) is 0 Å². The minimum absolute atomic E-state index is 0.0629. The van der Waals surface area contributed by atoms with Crippen LogP contribution in [0.25, 0.3) is 0 Å². The Labute approximate surface area is 108 Å². The molecule has 2 unspecified atom stereocenters. The van der Waals surface area contributed by atoms with Gasteiger partial charge in [-0.2, -0.15) is 0 Å². The molecular weight excluding hydrogens is 256 g/mol. The van der Waals surface area contributed by atoms with Crippen molar-refractivity contribution in [2.75, 3.05) is 12.3 Å². The van der Waals surface area contributed by atoms with Gasteiger partial charge in [0, 0.05) is 25.1 Å². The van der Waals surface area contributed by atoms with Gasteiger partial charge in [-0.05, 0) is 0 Å². The summed E-state index contributed by atoms with van der Waals surface area (Å²) in [6.07, 6.45) is -1.89. The van der Waals surface area contributed by atoms with Gasteiger partial charge in [0.2, 0.25) is 5.91 Å². The molecule has 0 aliphatic heterocycles. The average Bonchev–Trinajstić information content (AvgIpc) is 2.35. The summed E-state index contributed by atoms with van der Waals surface area (Å²) in [5, 5.41) is 32.4. The van der Waals surface area contributed by atoms with Gasteiger partial charge in [0.25, 0.3) is 5.69 Å². The van der Waals surface area contributed by atoms with Crippen molar-refractivity contribution in [3.63, 3.8) is 0 Å². The van der Waals surface area contributed by atoms with Crippen LogP contribution in [-0.4, -0.2) is 38.7 Å². The minimum atomic E-state index is -1.49. The standard InChI is InChI=1S/C10H14N4O5/c1-5(15)12-4-8(16)9(17)7-2-6(14(18)19)3-13-10(7)11/h2-3,8-9,16-17H,4H2,1H3,(H2,11,13)(H,12,15). The molecule has 0 spiro atoms. The molecule has 5 N–H and O–H groups in total. The lowest BCUT2D eigenvalue weighted by Crippen LogP contribution is -2.34. The van der Waals surface area contributed by atoms with Gasteiger partial charge in [-0.25, -0.2) is 4.98 Å². The number of nitrogen functional groups attached to an aromatic ring is 1. The van der Waals surface area contributed by atoms with Crippen molar-refractivity contribution in [1.82, 2.24) is 10.3 Å².